The van der Waals surface area contributed by atoms with E-state index in [2.05, 4.69) is 16.0 Å². The average Bonchev–Trinajstić information content (AvgIpc) is 3.29. The van der Waals surface area contributed by atoms with E-state index < -0.39 is 0 Å². The van der Waals surface area contributed by atoms with E-state index in [1.54, 1.807) is 12.4 Å². The average molecular weight is 362 g/mol. The molecule has 28 heavy (non-hydrogen) atoms. The second-order valence-corrected chi connectivity index (χ2v) is 6.61. The Morgan fingerprint density at radius 3 is 2.57 bits per heavy atom. The van der Waals surface area contributed by atoms with Crippen LogP contribution in [0.15, 0.2) is 89.7 Å². The van der Waals surface area contributed by atoms with Crippen LogP contribution in [0.25, 0.3) is 50.2 Å². The van der Waals surface area contributed by atoms with Gasteiger partial charge in [0.15, 0.2) is 0 Å². The molecule has 0 saturated carbocycles. The number of benzene rings is 2. The molecule has 0 saturated heterocycles. The van der Waals surface area contributed by atoms with Crippen LogP contribution >= 0.6 is 0 Å². The van der Waals surface area contributed by atoms with E-state index in [1.807, 2.05) is 71.4 Å². The molecule has 0 fully saturated rings. The van der Waals surface area contributed by atoms with Gasteiger partial charge in [-0.3, -0.25) is 4.98 Å². The number of aromatic nitrogens is 4. The van der Waals surface area contributed by atoms with Crippen molar-refractivity contribution in [1.82, 2.24) is 19.5 Å². The minimum atomic E-state index is 0.576. The van der Waals surface area contributed by atoms with Gasteiger partial charge in [-0.2, -0.15) is 0 Å². The third-order valence-corrected chi connectivity index (χ3v) is 5.00. The fourth-order valence-corrected chi connectivity index (χ4v) is 3.76. The Balaban J connectivity index is 1.70. The van der Waals surface area contributed by atoms with Crippen LogP contribution in [0.3, 0.4) is 0 Å². The topological polar surface area (TPSA) is 56.7 Å². The van der Waals surface area contributed by atoms with Crippen LogP contribution in [0, 0.1) is 0 Å². The number of hydrogen-bond acceptors (Lipinski definition) is 4. The summed E-state index contributed by atoms with van der Waals surface area (Å²) in [5, 5.41) is 3.12. The predicted octanol–water partition coefficient (Wildman–Crippen LogP) is 5.38. The summed E-state index contributed by atoms with van der Waals surface area (Å²) in [7, 11) is 0. The van der Waals surface area contributed by atoms with Crippen molar-refractivity contribution >= 4 is 33.0 Å². The SMILES string of the molecule is c1ccc(-c2ccnc(-n3c4ccncc4c4c5ccccc5oc43)n2)cc1. The van der Waals surface area contributed by atoms with E-state index in [1.165, 1.54) is 0 Å². The van der Waals surface area contributed by atoms with E-state index in [9.17, 15) is 0 Å². The maximum atomic E-state index is 6.22. The van der Waals surface area contributed by atoms with Gasteiger partial charge < -0.3 is 4.42 Å². The van der Waals surface area contributed by atoms with Gasteiger partial charge in [0.1, 0.15) is 5.58 Å². The molecule has 0 N–H and O–H groups in total. The van der Waals surface area contributed by atoms with Crippen molar-refractivity contribution in [1.29, 1.82) is 0 Å². The van der Waals surface area contributed by atoms with E-state index >= 15 is 0 Å². The van der Waals surface area contributed by atoms with Gasteiger partial charge in [0.05, 0.1) is 16.6 Å². The van der Waals surface area contributed by atoms with Crippen LogP contribution in [0.5, 0.6) is 0 Å². The molecule has 0 amide bonds. The molecule has 6 rings (SSSR count). The van der Waals surface area contributed by atoms with Crippen molar-refractivity contribution < 1.29 is 4.42 Å². The molecule has 5 heteroatoms. The lowest BCUT2D eigenvalue weighted by Gasteiger charge is -2.06. The van der Waals surface area contributed by atoms with Crippen LogP contribution in [0.2, 0.25) is 0 Å². The fourth-order valence-electron chi connectivity index (χ4n) is 3.76. The monoisotopic (exact) mass is 362 g/mol. The molecule has 132 valence electrons. The standard InChI is InChI=1S/C23H14N4O/c1-2-6-15(7-3-1)18-10-13-25-23(26-18)27-19-11-12-24-14-17(19)21-16-8-4-5-9-20(16)28-22(21)27/h1-14H. The van der Waals surface area contributed by atoms with Gasteiger partial charge in [0, 0.05) is 34.9 Å². The molecule has 5 nitrogen and oxygen atoms in total. The number of rotatable bonds is 2. The third-order valence-electron chi connectivity index (χ3n) is 5.00. The summed E-state index contributed by atoms with van der Waals surface area (Å²) in [5.41, 5.74) is 4.45. The Kier molecular flexibility index (Phi) is 3.10. The zero-order valence-corrected chi connectivity index (χ0v) is 14.8. The smallest absolute Gasteiger partial charge is 0.237 e. The molecule has 0 atom stereocenters. The second kappa shape index (κ2) is 5.76. The third kappa shape index (κ3) is 2.10. The lowest BCUT2D eigenvalue weighted by atomic mass is 10.1. The Bertz CT molecular complexity index is 1460. The van der Waals surface area contributed by atoms with Crippen LogP contribution < -0.4 is 0 Å². The van der Waals surface area contributed by atoms with E-state index in [4.69, 9.17) is 9.40 Å². The van der Waals surface area contributed by atoms with Crippen molar-refractivity contribution in [3.05, 3.63) is 85.3 Å². The zero-order valence-electron chi connectivity index (χ0n) is 14.8. The van der Waals surface area contributed by atoms with E-state index in [-0.39, 0.29) is 0 Å². The highest BCUT2D eigenvalue weighted by Crippen LogP contribution is 2.37. The Morgan fingerprint density at radius 1 is 0.786 bits per heavy atom. The summed E-state index contributed by atoms with van der Waals surface area (Å²) >= 11 is 0. The number of furan rings is 1. The molecule has 2 aromatic carbocycles. The molecule has 0 radical (unpaired) electrons. The zero-order chi connectivity index (χ0) is 18.5. The van der Waals surface area contributed by atoms with Crippen LogP contribution in [0.1, 0.15) is 0 Å². The van der Waals surface area contributed by atoms with Crippen molar-refractivity contribution in [2.45, 2.75) is 0 Å². The van der Waals surface area contributed by atoms with Gasteiger partial charge >= 0.3 is 0 Å². The summed E-state index contributed by atoms with van der Waals surface area (Å²) in [6, 6.07) is 22.0. The highest BCUT2D eigenvalue weighted by molar-refractivity contribution is 6.19. The molecule has 0 aliphatic rings. The molecule has 0 bridgehead atoms. The van der Waals surface area contributed by atoms with Crippen molar-refractivity contribution in [3.8, 4) is 17.2 Å². The molecule has 0 aliphatic heterocycles. The highest BCUT2D eigenvalue weighted by atomic mass is 16.3. The van der Waals surface area contributed by atoms with Crippen molar-refractivity contribution in [2.24, 2.45) is 0 Å². The van der Waals surface area contributed by atoms with E-state index in [0.717, 1.165) is 44.2 Å². The lowest BCUT2D eigenvalue weighted by Crippen LogP contribution is -2.01. The molecule has 0 aliphatic carbocycles. The summed E-state index contributed by atoms with van der Waals surface area (Å²) < 4.78 is 8.19. The molecule has 6 aromatic rings. The number of para-hydroxylation sites is 1. The van der Waals surface area contributed by atoms with Gasteiger partial charge in [0.2, 0.25) is 11.7 Å². The number of hydrogen-bond donors (Lipinski definition) is 0. The first-order valence-corrected chi connectivity index (χ1v) is 9.05. The number of fused-ring (bicyclic) bond motifs is 5. The summed E-state index contributed by atoms with van der Waals surface area (Å²) in [6.45, 7) is 0. The Labute approximate surface area is 159 Å². The quantitative estimate of drug-likeness (QED) is 0.415. The molecular formula is C23H14N4O. The van der Waals surface area contributed by atoms with Gasteiger partial charge in [0.25, 0.3) is 0 Å². The first-order valence-electron chi connectivity index (χ1n) is 9.05. The number of nitrogens with zero attached hydrogens (tertiary/aromatic N) is 4. The Hall–Kier alpha value is -3.99. The minimum Gasteiger partial charge on any atom is -0.439 e. The fraction of sp³-hybridized carbons (Fsp3) is 0. The van der Waals surface area contributed by atoms with Gasteiger partial charge in [-0.25, -0.2) is 14.5 Å². The first kappa shape index (κ1) is 15.1. The van der Waals surface area contributed by atoms with Gasteiger partial charge in [-0.1, -0.05) is 48.5 Å². The summed E-state index contributed by atoms with van der Waals surface area (Å²) in [5.74, 6) is 0.576. The maximum absolute atomic E-state index is 6.22. The van der Waals surface area contributed by atoms with E-state index in [0.29, 0.717) is 5.95 Å². The van der Waals surface area contributed by atoms with Gasteiger partial charge in [-0.05, 0) is 18.2 Å². The molecular weight excluding hydrogens is 348 g/mol. The molecule has 4 heterocycles. The van der Waals surface area contributed by atoms with Crippen LogP contribution in [0.4, 0.5) is 0 Å². The second-order valence-electron chi connectivity index (χ2n) is 6.61. The lowest BCUT2D eigenvalue weighted by molar-refractivity contribution is 0.641. The molecule has 0 unspecified atom stereocenters. The normalized spacial score (nSPS) is 11.6. The van der Waals surface area contributed by atoms with Gasteiger partial charge in [-0.15, -0.1) is 0 Å². The van der Waals surface area contributed by atoms with Crippen LogP contribution in [-0.4, -0.2) is 19.5 Å². The molecule has 4 aromatic heterocycles. The summed E-state index contributed by atoms with van der Waals surface area (Å²) in [6.07, 6.45) is 5.43. The number of pyridine rings is 1. The maximum Gasteiger partial charge on any atom is 0.237 e. The highest BCUT2D eigenvalue weighted by Gasteiger charge is 2.20. The first-order chi connectivity index (χ1) is 13.9. The van der Waals surface area contributed by atoms with Crippen molar-refractivity contribution in [2.75, 3.05) is 0 Å². The largest absolute Gasteiger partial charge is 0.439 e. The predicted molar refractivity (Wildman–Crippen MR) is 109 cm³/mol. The van der Waals surface area contributed by atoms with Crippen LogP contribution in [-0.2, 0) is 0 Å². The Morgan fingerprint density at radius 2 is 1.64 bits per heavy atom. The molecule has 0 spiro atoms. The van der Waals surface area contributed by atoms with Crippen molar-refractivity contribution in [3.63, 3.8) is 0 Å². The summed E-state index contributed by atoms with van der Waals surface area (Å²) in [4.78, 5) is 13.7. The minimum absolute atomic E-state index is 0.576.